The highest BCUT2D eigenvalue weighted by atomic mass is 32.1. The van der Waals surface area contributed by atoms with E-state index in [1.165, 1.54) is 20.9 Å². The van der Waals surface area contributed by atoms with Crippen molar-refractivity contribution in [3.8, 4) is 0 Å². The van der Waals surface area contributed by atoms with E-state index in [-0.39, 0.29) is 5.41 Å². The lowest BCUT2D eigenvalue weighted by atomic mass is 9.95. The highest BCUT2D eigenvalue weighted by Gasteiger charge is 2.16. The van der Waals surface area contributed by atoms with Crippen LogP contribution in [-0.2, 0) is 18.4 Å². The summed E-state index contributed by atoms with van der Waals surface area (Å²) in [5.74, 6) is 0. The molecular formula is C19H27NS. The molecule has 1 atom stereocenters. The molecule has 2 rings (SSSR count). The monoisotopic (exact) mass is 301 g/mol. The van der Waals surface area contributed by atoms with Crippen molar-refractivity contribution in [3.05, 3.63) is 57.3 Å². The zero-order valence-electron chi connectivity index (χ0n) is 13.9. The molecule has 0 radical (unpaired) electrons. The molecular weight excluding hydrogens is 274 g/mol. The van der Waals surface area contributed by atoms with Gasteiger partial charge >= 0.3 is 0 Å². The van der Waals surface area contributed by atoms with Crippen LogP contribution in [0.25, 0.3) is 0 Å². The fraction of sp³-hybridized carbons (Fsp3) is 0.474. The van der Waals surface area contributed by atoms with Crippen molar-refractivity contribution in [3.63, 3.8) is 0 Å². The predicted octanol–water partition coefficient (Wildman–Crippen LogP) is 5.07. The van der Waals surface area contributed by atoms with Gasteiger partial charge in [-0.15, -0.1) is 11.3 Å². The third-order valence-electron chi connectivity index (χ3n) is 3.81. The molecule has 0 aliphatic rings. The van der Waals surface area contributed by atoms with Crippen LogP contribution in [-0.4, -0.2) is 6.04 Å². The van der Waals surface area contributed by atoms with E-state index in [0.29, 0.717) is 6.04 Å². The highest BCUT2D eigenvalue weighted by molar-refractivity contribution is 7.12. The van der Waals surface area contributed by atoms with Crippen molar-refractivity contribution < 1.29 is 0 Å². The van der Waals surface area contributed by atoms with E-state index in [1.807, 2.05) is 11.3 Å². The molecule has 0 saturated carbocycles. The molecule has 0 fully saturated rings. The predicted molar refractivity (Wildman–Crippen MR) is 94.2 cm³/mol. The Balaban J connectivity index is 1.88. The first-order valence-electron chi connectivity index (χ1n) is 7.73. The molecule has 1 N–H and O–H groups in total. The number of hydrogen-bond acceptors (Lipinski definition) is 2. The molecule has 1 heterocycles. The van der Waals surface area contributed by atoms with Gasteiger partial charge in [0.25, 0.3) is 0 Å². The van der Waals surface area contributed by atoms with Crippen LogP contribution in [0.1, 0.15) is 48.6 Å². The minimum atomic E-state index is 0.260. The Bertz CT molecular complexity index is 577. The van der Waals surface area contributed by atoms with Gasteiger partial charge in [-0.2, -0.15) is 0 Å². The Morgan fingerprint density at radius 2 is 1.81 bits per heavy atom. The molecule has 1 unspecified atom stereocenters. The van der Waals surface area contributed by atoms with E-state index in [2.05, 4.69) is 76.3 Å². The van der Waals surface area contributed by atoms with Gasteiger partial charge in [-0.1, -0.05) is 45.0 Å². The van der Waals surface area contributed by atoms with Gasteiger partial charge in [-0.25, -0.2) is 0 Å². The molecule has 0 spiro atoms. The summed E-state index contributed by atoms with van der Waals surface area (Å²) in [4.78, 5) is 2.89. The van der Waals surface area contributed by atoms with Crippen LogP contribution in [0.5, 0.6) is 0 Å². The van der Waals surface area contributed by atoms with Crippen molar-refractivity contribution in [1.29, 1.82) is 0 Å². The Hall–Kier alpha value is -1.12. The minimum Gasteiger partial charge on any atom is -0.309 e. The minimum absolute atomic E-state index is 0.260. The summed E-state index contributed by atoms with van der Waals surface area (Å²) in [5.41, 5.74) is 3.09. The van der Waals surface area contributed by atoms with Gasteiger partial charge in [-0.05, 0) is 48.9 Å². The van der Waals surface area contributed by atoms with Crippen LogP contribution >= 0.6 is 11.3 Å². The molecule has 0 aliphatic heterocycles. The summed E-state index contributed by atoms with van der Waals surface area (Å²) >= 11 is 1.93. The summed E-state index contributed by atoms with van der Waals surface area (Å²) in [6, 6.07) is 13.7. The summed E-state index contributed by atoms with van der Waals surface area (Å²) in [5, 5.41) is 3.65. The van der Waals surface area contributed by atoms with Crippen molar-refractivity contribution in [2.75, 3.05) is 0 Å². The summed E-state index contributed by atoms with van der Waals surface area (Å²) < 4.78 is 0. The van der Waals surface area contributed by atoms with E-state index in [0.717, 1.165) is 13.0 Å². The molecule has 0 aliphatic carbocycles. The zero-order chi connectivity index (χ0) is 15.5. The van der Waals surface area contributed by atoms with E-state index < -0.39 is 0 Å². The molecule has 2 aromatic rings. The van der Waals surface area contributed by atoms with Crippen LogP contribution in [0.15, 0.2) is 36.4 Å². The molecule has 21 heavy (non-hydrogen) atoms. The smallest absolute Gasteiger partial charge is 0.0302 e. The zero-order valence-corrected chi connectivity index (χ0v) is 14.7. The number of benzene rings is 1. The Kier molecular flexibility index (Phi) is 5.23. The fourth-order valence-electron chi connectivity index (χ4n) is 2.39. The first-order chi connectivity index (χ1) is 9.86. The quantitative estimate of drug-likeness (QED) is 0.812. The Labute approximate surface area is 133 Å². The largest absolute Gasteiger partial charge is 0.309 e. The van der Waals surface area contributed by atoms with Crippen molar-refractivity contribution in [2.24, 2.45) is 0 Å². The van der Waals surface area contributed by atoms with Crippen LogP contribution < -0.4 is 5.32 Å². The topological polar surface area (TPSA) is 12.0 Å². The normalized spacial score (nSPS) is 13.4. The maximum Gasteiger partial charge on any atom is 0.0302 e. The SMILES string of the molecule is Cc1ccccc1CC(C)NCc1ccc(C(C)(C)C)s1. The van der Waals surface area contributed by atoms with Crippen LogP contribution in [0.4, 0.5) is 0 Å². The third kappa shape index (κ3) is 4.69. The van der Waals surface area contributed by atoms with Gasteiger partial charge in [0.15, 0.2) is 0 Å². The van der Waals surface area contributed by atoms with Gasteiger partial charge < -0.3 is 5.32 Å². The molecule has 114 valence electrons. The first-order valence-corrected chi connectivity index (χ1v) is 8.55. The average molecular weight is 301 g/mol. The van der Waals surface area contributed by atoms with Crippen LogP contribution in [0.3, 0.4) is 0 Å². The summed E-state index contributed by atoms with van der Waals surface area (Å²) in [6.45, 7) is 12.2. The van der Waals surface area contributed by atoms with E-state index >= 15 is 0 Å². The lowest BCUT2D eigenvalue weighted by Crippen LogP contribution is -2.27. The number of hydrogen-bond donors (Lipinski definition) is 1. The van der Waals surface area contributed by atoms with Crippen molar-refractivity contribution in [2.45, 2.75) is 59.0 Å². The molecule has 0 amide bonds. The van der Waals surface area contributed by atoms with Gasteiger partial charge in [-0.3, -0.25) is 0 Å². The maximum atomic E-state index is 3.65. The Morgan fingerprint density at radius 1 is 1.10 bits per heavy atom. The number of aryl methyl sites for hydroxylation is 1. The van der Waals surface area contributed by atoms with E-state index in [9.17, 15) is 0 Å². The van der Waals surface area contributed by atoms with Crippen molar-refractivity contribution in [1.82, 2.24) is 5.32 Å². The molecule has 2 heteroatoms. The summed E-state index contributed by atoms with van der Waals surface area (Å²) in [7, 11) is 0. The lowest BCUT2D eigenvalue weighted by Gasteiger charge is -2.16. The second kappa shape index (κ2) is 6.76. The number of nitrogens with one attached hydrogen (secondary N) is 1. The number of rotatable bonds is 5. The van der Waals surface area contributed by atoms with Gasteiger partial charge in [0.1, 0.15) is 0 Å². The van der Waals surface area contributed by atoms with Crippen LogP contribution in [0.2, 0.25) is 0 Å². The van der Waals surface area contributed by atoms with Gasteiger partial charge in [0.2, 0.25) is 0 Å². The third-order valence-corrected chi connectivity index (χ3v) is 5.32. The van der Waals surface area contributed by atoms with Gasteiger partial charge in [0, 0.05) is 22.3 Å². The molecule has 1 nitrogen and oxygen atoms in total. The summed E-state index contributed by atoms with van der Waals surface area (Å²) in [6.07, 6.45) is 1.09. The number of thiophene rings is 1. The highest BCUT2D eigenvalue weighted by Crippen LogP contribution is 2.29. The second-order valence-electron chi connectivity index (χ2n) is 6.93. The molecule has 0 bridgehead atoms. The van der Waals surface area contributed by atoms with E-state index in [4.69, 9.17) is 0 Å². The van der Waals surface area contributed by atoms with Crippen molar-refractivity contribution >= 4 is 11.3 Å². The standard InChI is InChI=1S/C19H27NS/c1-14-8-6-7-9-16(14)12-15(2)20-13-17-10-11-18(21-17)19(3,4)5/h6-11,15,20H,12-13H2,1-5H3. The van der Waals surface area contributed by atoms with E-state index in [1.54, 1.807) is 0 Å². The fourth-order valence-corrected chi connectivity index (χ4v) is 3.41. The average Bonchev–Trinajstić information content (AvgIpc) is 2.88. The van der Waals surface area contributed by atoms with Crippen LogP contribution in [0, 0.1) is 6.92 Å². The Morgan fingerprint density at radius 3 is 2.43 bits per heavy atom. The first kappa shape index (κ1) is 16.3. The van der Waals surface area contributed by atoms with Gasteiger partial charge in [0.05, 0.1) is 0 Å². The lowest BCUT2D eigenvalue weighted by molar-refractivity contribution is 0.548. The molecule has 1 aromatic heterocycles. The molecule has 0 saturated heterocycles. The molecule has 1 aromatic carbocycles. The second-order valence-corrected chi connectivity index (χ2v) is 8.10. The maximum absolute atomic E-state index is 3.65.